The first-order valence-electron chi connectivity index (χ1n) is 9.25. The Labute approximate surface area is 183 Å². The average Bonchev–Trinajstić information content (AvgIpc) is 2.74. The van der Waals surface area contributed by atoms with Crippen molar-refractivity contribution in [2.24, 2.45) is 0 Å². The summed E-state index contributed by atoms with van der Waals surface area (Å²) < 4.78 is 67.8. The molecule has 0 bridgehead atoms. The van der Waals surface area contributed by atoms with Crippen LogP contribution in [-0.2, 0) is 9.53 Å². The fourth-order valence-corrected chi connectivity index (χ4v) is 2.90. The first-order chi connectivity index (χ1) is 14.4. The van der Waals surface area contributed by atoms with Crippen molar-refractivity contribution in [1.29, 1.82) is 0 Å². The second kappa shape index (κ2) is 11.1. The lowest BCUT2D eigenvalue weighted by Crippen LogP contribution is -2.36. The third-order valence-electron chi connectivity index (χ3n) is 4.40. The Hall–Kier alpha value is -2.62. The Morgan fingerprint density at radius 2 is 1.65 bits per heavy atom. The molecule has 0 unspecified atom stereocenters. The van der Waals surface area contributed by atoms with Gasteiger partial charge in [0, 0.05) is 32.2 Å². The third kappa shape index (κ3) is 6.19. The minimum Gasteiger partial charge on any atom is -0.451 e. The highest BCUT2D eigenvalue weighted by Crippen LogP contribution is 2.34. The van der Waals surface area contributed by atoms with E-state index in [0.29, 0.717) is 38.5 Å². The molecular weight excluding hydrogens is 440 g/mol. The molecule has 1 N–H and O–H groups in total. The summed E-state index contributed by atoms with van der Waals surface area (Å²) in [5.74, 6) is -7.90. The Kier molecular flexibility index (Phi) is 8.85. The fourth-order valence-electron chi connectivity index (χ4n) is 2.90. The predicted octanol–water partition coefficient (Wildman–Crippen LogP) is 4.76. The first-order valence-corrected chi connectivity index (χ1v) is 9.25. The molecule has 1 fully saturated rings. The predicted molar refractivity (Wildman–Crippen MR) is 111 cm³/mol. The number of hydrogen-bond acceptors (Lipinski definition) is 4. The summed E-state index contributed by atoms with van der Waals surface area (Å²) in [6.45, 7) is 4.11. The zero-order valence-electron chi connectivity index (χ0n) is 16.6. The number of halogens is 5. The molecule has 2 aromatic carbocycles. The van der Waals surface area contributed by atoms with Gasteiger partial charge in [0.15, 0.2) is 11.6 Å². The molecule has 1 aliphatic rings. The number of amides is 1. The lowest BCUT2D eigenvalue weighted by atomic mass is 10.1. The number of hydrogen-bond donors (Lipinski definition) is 1. The van der Waals surface area contributed by atoms with Crippen molar-refractivity contribution < 1.29 is 31.8 Å². The van der Waals surface area contributed by atoms with Crippen LogP contribution < -0.4 is 10.1 Å². The van der Waals surface area contributed by atoms with Gasteiger partial charge in [-0.25, -0.2) is 8.78 Å². The molecule has 168 valence electrons. The maximum Gasteiger partial charge on any atom is 0.221 e. The van der Waals surface area contributed by atoms with Crippen LogP contribution in [0, 0.1) is 23.3 Å². The van der Waals surface area contributed by atoms with E-state index in [1.807, 2.05) is 4.90 Å². The summed E-state index contributed by atoms with van der Waals surface area (Å²) in [5, 5.41) is 2.51. The molecule has 0 atom stereocenters. The molecule has 0 saturated carbocycles. The van der Waals surface area contributed by atoms with Gasteiger partial charge >= 0.3 is 0 Å². The molecule has 1 heterocycles. The quantitative estimate of drug-likeness (QED) is 0.499. The van der Waals surface area contributed by atoms with E-state index in [1.165, 1.54) is 37.3 Å². The molecule has 3 rings (SSSR count). The standard InChI is InChI=1S/C21H20F4N2O3.ClH/c1-13(28)26-14-4-6-15(7-5-14)30-21-19(24)17(22)16(18(23)20(21)25)3-2-8-27-9-11-29-12-10-27;/h2-7H,8-12H2,1H3,(H,26,28);1H/b3-2+;. The fraction of sp³-hybridized carbons (Fsp3) is 0.286. The van der Waals surface area contributed by atoms with Crippen molar-refractivity contribution in [3.05, 3.63) is 59.2 Å². The van der Waals surface area contributed by atoms with Gasteiger partial charge < -0.3 is 14.8 Å². The lowest BCUT2D eigenvalue weighted by molar-refractivity contribution is -0.114. The molecule has 1 amide bonds. The van der Waals surface area contributed by atoms with Crippen LogP contribution in [-0.4, -0.2) is 43.7 Å². The van der Waals surface area contributed by atoms with Gasteiger partial charge in [0.1, 0.15) is 5.75 Å². The second-order valence-corrected chi connectivity index (χ2v) is 6.62. The van der Waals surface area contributed by atoms with Gasteiger partial charge in [-0.15, -0.1) is 12.4 Å². The number of anilines is 1. The first kappa shape index (κ1) is 24.6. The minimum absolute atomic E-state index is 0. The molecule has 5 nitrogen and oxygen atoms in total. The van der Waals surface area contributed by atoms with Crippen LogP contribution in [0.1, 0.15) is 12.5 Å². The van der Waals surface area contributed by atoms with E-state index in [9.17, 15) is 22.4 Å². The molecule has 1 aliphatic heterocycles. The zero-order chi connectivity index (χ0) is 21.7. The van der Waals surface area contributed by atoms with Crippen molar-refractivity contribution in [2.45, 2.75) is 6.92 Å². The maximum atomic E-state index is 14.4. The van der Waals surface area contributed by atoms with Gasteiger partial charge in [0.25, 0.3) is 0 Å². The number of morpholine rings is 1. The summed E-state index contributed by atoms with van der Waals surface area (Å²) in [7, 11) is 0. The number of carbonyl (C=O) groups is 1. The van der Waals surface area contributed by atoms with Gasteiger partial charge in [0.05, 0.1) is 18.8 Å². The highest BCUT2D eigenvalue weighted by Gasteiger charge is 2.26. The van der Waals surface area contributed by atoms with E-state index in [1.54, 1.807) is 0 Å². The monoisotopic (exact) mass is 460 g/mol. The van der Waals surface area contributed by atoms with Gasteiger partial charge in [-0.1, -0.05) is 12.2 Å². The van der Waals surface area contributed by atoms with E-state index < -0.39 is 34.6 Å². The van der Waals surface area contributed by atoms with Crippen LogP contribution in [0.2, 0.25) is 0 Å². The number of carbonyl (C=O) groups excluding carboxylic acids is 1. The summed E-state index contributed by atoms with van der Waals surface area (Å²) in [4.78, 5) is 13.0. The van der Waals surface area contributed by atoms with Gasteiger partial charge in [-0.3, -0.25) is 9.69 Å². The molecule has 0 aliphatic carbocycles. The van der Waals surface area contributed by atoms with Crippen LogP contribution in [0.4, 0.5) is 23.2 Å². The normalized spacial score (nSPS) is 14.4. The van der Waals surface area contributed by atoms with Gasteiger partial charge in [0.2, 0.25) is 23.3 Å². The van der Waals surface area contributed by atoms with E-state index in [2.05, 4.69) is 5.32 Å². The van der Waals surface area contributed by atoms with Gasteiger partial charge in [-0.2, -0.15) is 8.78 Å². The second-order valence-electron chi connectivity index (χ2n) is 6.62. The Bertz CT molecular complexity index is 920. The Morgan fingerprint density at radius 1 is 1.06 bits per heavy atom. The molecule has 0 aromatic heterocycles. The Balaban J connectivity index is 0.00000341. The SMILES string of the molecule is CC(=O)Nc1ccc(Oc2c(F)c(F)c(/C=C/CN3CCOCC3)c(F)c2F)cc1.Cl. The highest BCUT2D eigenvalue weighted by atomic mass is 35.5. The average molecular weight is 461 g/mol. The number of rotatable bonds is 6. The summed E-state index contributed by atoms with van der Waals surface area (Å²) in [6, 6.07) is 5.44. The molecule has 10 heteroatoms. The number of nitrogens with one attached hydrogen (secondary N) is 1. The molecular formula is C21H21ClF4N2O3. The van der Waals surface area contributed by atoms with E-state index in [-0.39, 0.29) is 24.1 Å². The molecule has 0 radical (unpaired) electrons. The van der Waals surface area contributed by atoms with E-state index in [4.69, 9.17) is 9.47 Å². The topological polar surface area (TPSA) is 50.8 Å². The van der Waals surface area contributed by atoms with Crippen molar-refractivity contribution in [3.63, 3.8) is 0 Å². The highest BCUT2D eigenvalue weighted by molar-refractivity contribution is 5.88. The van der Waals surface area contributed by atoms with E-state index >= 15 is 0 Å². The van der Waals surface area contributed by atoms with Crippen LogP contribution in [0.25, 0.3) is 6.08 Å². The lowest BCUT2D eigenvalue weighted by Gasteiger charge is -2.25. The van der Waals surface area contributed by atoms with Crippen LogP contribution >= 0.6 is 12.4 Å². The van der Waals surface area contributed by atoms with Crippen molar-refractivity contribution >= 4 is 30.1 Å². The Morgan fingerprint density at radius 3 is 2.19 bits per heavy atom. The smallest absolute Gasteiger partial charge is 0.221 e. The maximum absolute atomic E-state index is 14.4. The molecule has 0 spiro atoms. The van der Waals surface area contributed by atoms with E-state index in [0.717, 1.165) is 6.08 Å². The molecule has 1 saturated heterocycles. The van der Waals surface area contributed by atoms with Crippen molar-refractivity contribution in [2.75, 3.05) is 38.2 Å². The largest absolute Gasteiger partial charge is 0.451 e. The minimum atomic E-state index is -1.63. The van der Waals surface area contributed by atoms with Crippen LogP contribution in [0.15, 0.2) is 30.3 Å². The van der Waals surface area contributed by atoms with Gasteiger partial charge in [-0.05, 0) is 24.3 Å². The van der Waals surface area contributed by atoms with Crippen LogP contribution in [0.5, 0.6) is 11.5 Å². The summed E-state index contributed by atoms with van der Waals surface area (Å²) in [6.07, 6.45) is 2.45. The third-order valence-corrected chi connectivity index (χ3v) is 4.40. The van der Waals surface area contributed by atoms with Crippen molar-refractivity contribution in [3.8, 4) is 11.5 Å². The zero-order valence-corrected chi connectivity index (χ0v) is 17.4. The number of benzene rings is 2. The number of ether oxygens (including phenoxy) is 2. The van der Waals surface area contributed by atoms with Crippen molar-refractivity contribution in [1.82, 2.24) is 4.90 Å². The van der Waals surface area contributed by atoms with Crippen LogP contribution in [0.3, 0.4) is 0 Å². The summed E-state index contributed by atoms with van der Waals surface area (Å²) >= 11 is 0. The summed E-state index contributed by atoms with van der Waals surface area (Å²) in [5.41, 5.74) is -0.388. The molecule has 31 heavy (non-hydrogen) atoms. The number of nitrogens with zero attached hydrogens (tertiary/aromatic N) is 1. The molecule has 2 aromatic rings.